The van der Waals surface area contributed by atoms with Crippen molar-refractivity contribution in [3.05, 3.63) is 29.8 Å². The Hall–Kier alpha value is -0.640. The van der Waals surface area contributed by atoms with Crippen LogP contribution < -0.4 is 4.74 Å². The van der Waals surface area contributed by atoms with Gasteiger partial charge in [0.2, 0.25) is 0 Å². The van der Waals surface area contributed by atoms with Crippen molar-refractivity contribution in [1.29, 1.82) is 0 Å². The summed E-state index contributed by atoms with van der Waals surface area (Å²) in [6.45, 7) is 2.49. The Balaban J connectivity index is 2.78. The molecule has 0 fully saturated rings. The van der Waals surface area contributed by atoms with Crippen molar-refractivity contribution >= 4 is 15.9 Å². The van der Waals surface area contributed by atoms with Crippen LogP contribution in [0.5, 0.6) is 5.75 Å². The van der Waals surface area contributed by atoms with Gasteiger partial charge in [-0.15, -0.1) is 0 Å². The third-order valence-electron chi connectivity index (χ3n) is 1.95. The Labute approximate surface area is 96.6 Å². The molecular formula is C11H13BrF2O. The van der Waals surface area contributed by atoms with Gasteiger partial charge in [0.25, 0.3) is 0 Å². The normalized spacial score (nSPS) is 11.5. The van der Waals surface area contributed by atoms with Gasteiger partial charge in [-0.25, -0.2) is 0 Å². The van der Waals surface area contributed by atoms with E-state index >= 15 is 0 Å². The number of hydrogen-bond acceptors (Lipinski definition) is 1. The molecule has 0 radical (unpaired) electrons. The summed E-state index contributed by atoms with van der Waals surface area (Å²) >= 11 is 2.33. The van der Waals surface area contributed by atoms with Crippen molar-refractivity contribution in [2.24, 2.45) is 0 Å². The molecule has 0 atom stereocenters. The van der Waals surface area contributed by atoms with Gasteiger partial charge in [-0.3, -0.25) is 0 Å². The molecule has 0 bridgehead atoms. The van der Waals surface area contributed by atoms with Crippen LogP contribution in [0.1, 0.15) is 25.3 Å². The molecule has 0 aliphatic rings. The van der Waals surface area contributed by atoms with E-state index in [1.165, 1.54) is 6.07 Å². The summed E-state index contributed by atoms with van der Waals surface area (Å²) in [6, 6.07) is 6.16. The van der Waals surface area contributed by atoms with Gasteiger partial charge in [0, 0.05) is 0 Å². The molecule has 1 nitrogen and oxygen atoms in total. The predicted molar refractivity (Wildman–Crippen MR) is 59.7 cm³/mol. The first-order chi connectivity index (χ1) is 7.05. The second-order valence-electron chi connectivity index (χ2n) is 3.20. The van der Waals surface area contributed by atoms with Crippen molar-refractivity contribution in [3.63, 3.8) is 0 Å². The van der Waals surface area contributed by atoms with E-state index in [-0.39, 0.29) is 11.3 Å². The zero-order chi connectivity index (χ0) is 11.3. The maximum absolute atomic E-state index is 13.1. The Morgan fingerprint density at radius 1 is 1.33 bits per heavy atom. The predicted octanol–water partition coefficient (Wildman–Crippen LogP) is 4.31. The first-order valence-electron chi connectivity index (χ1n) is 4.84. The van der Waals surface area contributed by atoms with Crippen LogP contribution in [0.4, 0.5) is 8.78 Å². The summed E-state index contributed by atoms with van der Waals surface area (Å²) in [7, 11) is 0. The number of ether oxygens (including phenoxy) is 1. The van der Waals surface area contributed by atoms with E-state index in [4.69, 9.17) is 4.74 Å². The summed E-state index contributed by atoms with van der Waals surface area (Å²) in [4.78, 5) is -3.03. The monoisotopic (exact) mass is 278 g/mol. The molecular weight excluding hydrogens is 266 g/mol. The Bertz CT molecular complexity index is 310. The number of para-hydroxylation sites is 1. The molecule has 84 valence electrons. The van der Waals surface area contributed by atoms with E-state index in [1.807, 2.05) is 6.92 Å². The van der Waals surface area contributed by atoms with Gasteiger partial charge < -0.3 is 4.74 Å². The van der Waals surface area contributed by atoms with E-state index in [1.54, 1.807) is 18.2 Å². The molecule has 1 rings (SSSR count). The van der Waals surface area contributed by atoms with E-state index < -0.39 is 4.83 Å². The summed E-state index contributed by atoms with van der Waals surface area (Å²) in [6.07, 6.45) is 1.84. The number of alkyl halides is 3. The number of hydrogen-bond donors (Lipinski definition) is 0. The van der Waals surface area contributed by atoms with Crippen LogP contribution in [0.3, 0.4) is 0 Å². The second kappa shape index (κ2) is 5.45. The maximum Gasteiger partial charge on any atom is 0.330 e. The first kappa shape index (κ1) is 12.4. The van der Waals surface area contributed by atoms with Gasteiger partial charge in [-0.05, 0) is 34.5 Å². The third-order valence-corrected chi connectivity index (χ3v) is 2.38. The lowest BCUT2D eigenvalue weighted by Gasteiger charge is -2.14. The van der Waals surface area contributed by atoms with Crippen LogP contribution in [0, 0.1) is 0 Å². The zero-order valence-electron chi connectivity index (χ0n) is 8.47. The standard InChI is InChI=1S/C11H13BrF2O/c1-2-3-8-15-10-7-5-4-6-9(10)11(12,13)14/h4-7H,2-3,8H2,1H3. The highest BCUT2D eigenvalue weighted by molar-refractivity contribution is 9.09. The quantitative estimate of drug-likeness (QED) is 0.576. The van der Waals surface area contributed by atoms with E-state index in [0.717, 1.165) is 12.8 Å². The van der Waals surface area contributed by atoms with Crippen molar-refractivity contribution in [3.8, 4) is 5.75 Å². The molecule has 15 heavy (non-hydrogen) atoms. The SMILES string of the molecule is CCCCOc1ccccc1C(F)(F)Br. The third kappa shape index (κ3) is 3.78. The van der Waals surface area contributed by atoms with Crippen LogP contribution in [-0.4, -0.2) is 6.61 Å². The lowest BCUT2D eigenvalue weighted by atomic mass is 10.2. The van der Waals surface area contributed by atoms with E-state index in [2.05, 4.69) is 15.9 Å². The molecule has 0 saturated heterocycles. The van der Waals surface area contributed by atoms with Crippen LogP contribution in [0.15, 0.2) is 24.3 Å². The highest BCUT2D eigenvalue weighted by Crippen LogP contribution is 2.39. The van der Waals surface area contributed by atoms with E-state index in [0.29, 0.717) is 6.61 Å². The molecule has 0 amide bonds. The second-order valence-corrected chi connectivity index (χ2v) is 4.19. The van der Waals surface area contributed by atoms with Gasteiger partial charge in [-0.2, -0.15) is 8.78 Å². The van der Waals surface area contributed by atoms with Gasteiger partial charge in [-0.1, -0.05) is 25.5 Å². The minimum absolute atomic E-state index is 0.124. The van der Waals surface area contributed by atoms with Crippen LogP contribution in [-0.2, 0) is 4.83 Å². The topological polar surface area (TPSA) is 9.23 Å². The molecule has 4 heteroatoms. The lowest BCUT2D eigenvalue weighted by molar-refractivity contribution is 0.109. The van der Waals surface area contributed by atoms with Crippen LogP contribution >= 0.6 is 15.9 Å². The average Bonchev–Trinajstić information content (AvgIpc) is 2.17. The van der Waals surface area contributed by atoms with Crippen molar-refractivity contribution in [1.82, 2.24) is 0 Å². The lowest BCUT2D eigenvalue weighted by Crippen LogP contribution is -2.07. The smallest absolute Gasteiger partial charge is 0.330 e. The number of unbranched alkanes of at least 4 members (excludes halogenated alkanes) is 1. The maximum atomic E-state index is 13.1. The highest BCUT2D eigenvalue weighted by atomic mass is 79.9. The van der Waals surface area contributed by atoms with Gasteiger partial charge in [0.05, 0.1) is 12.2 Å². The zero-order valence-corrected chi connectivity index (χ0v) is 10.1. The van der Waals surface area contributed by atoms with E-state index in [9.17, 15) is 8.78 Å². The highest BCUT2D eigenvalue weighted by Gasteiger charge is 2.30. The minimum Gasteiger partial charge on any atom is -0.493 e. The molecule has 1 aromatic rings. The summed E-state index contributed by atoms with van der Waals surface area (Å²) < 4.78 is 31.4. The first-order valence-corrected chi connectivity index (χ1v) is 5.64. The molecule has 0 heterocycles. The van der Waals surface area contributed by atoms with Gasteiger partial charge >= 0.3 is 4.83 Å². The van der Waals surface area contributed by atoms with Gasteiger partial charge in [0.1, 0.15) is 5.75 Å². The molecule has 0 N–H and O–H groups in total. The Kier molecular flexibility index (Phi) is 4.51. The number of rotatable bonds is 5. The Morgan fingerprint density at radius 3 is 2.60 bits per heavy atom. The average molecular weight is 279 g/mol. The largest absolute Gasteiger partial charge is 0.493 e. The fraction of sp³-hybridized carbons (Fsp3) is 0.455. The summed E-state index contributed by atoms with van der Waals surface area (Å²) in [5, 5.41) is 0. The fourth-order valence-corrected chi connectivity index (χ4v) is 1.48. The number of benzene rings is 1. The van der Waals surface area contributed by atoms with Crippen molar-refractivity contribution < 1.29 is 13.5 Å². The molecule has 0 aliphatic carbocycles. The van der Waals surface area contributed by atoms with Crippen LogP contribution in [0.2, 0.25) is 0 Å². The molecule has 0 saturated carbocycles. The fourth-order valence-electron chi connectivity index (χ4n) is 1.15. The molecule has 0 aliphatic heterocycles. The molecule has 1 aromatic carbocycles. The van der Waals surface area contributed by atoms with Crippen molar-refractivity contribution in [2.75, 3.05) is 6.61 Å². The molecule has 0 aromatic heterocycles. The van der Waals surface area contributed by atoms with Crippen LogP contribution in [0.25, 0.3) is 0 Å². The number of halogens is 3. The van der Waals surface area contributed by atoms with Crippen molar-refractivity contribution in [2.45, 2.75) is 24.6 Å². The summed E-state index contributed by atoms with van der Waals surface area (Å²) in [5.41, 5.74) is -0.124. The molecule has 0 unspecified atom stereocenters. The molecule has 0 spiro atoms. The summed E-state index contributed by atoms with van der Waals surface area (Å²) in [5.74, 6) is 0.243. The minimum atomic E-state index is -3.03. The Morgan fingerprint density at radius 2 is 2.00 bits per heavy atom. The van der Waals surface area contributed by atoms with Gasteiger partial charge in [0.15, 0.2) is 0 Å².